The van der Waals surface area contributed by atoms with Gasteiger partial charge in [0, 0.05) is 30.8 Å². The van der Waals surface area contributed by atoms with E-state index in [1.54, 1.807) is 0 Å². The number of hydrogen-bond donors (Lipinski definition) is 1. The van der Waals surface area contributed by atoms with Crippen LogP contribution in [0.25, 0.3) is 6.08 Å². The standard InChI is InChI=1S/C14H25N3/c1-6-9-15-10-7-8-12-11-17(5)16-13(12)14(2,3)4/h7-8,11,15H,6,9-10H2,1-5H3/b8-7+. The maximum atomic E-state index is 4.54. The molecule has 96 valence electrons. The Morgan fingerprint density at radius 2 is 2.12 bits per heavy atom. The van der Waals surface area contributed by atoms with Crippen LogP contribution in [-0.4, -0.2) is 22.9 Å². The molecule has 0 bridgehead atoms. The van der Waals surface area contributed by atoms with E-state index in [1.165, 1.54) is 12.0 Å². The van der Waals surface area contributed by atoms with Crippen molar-refractivity contribution >= 4 is 6.08 Å². The first-order chi connectivity index (χ1) is 7.95. The minimum absolute atomic E-state index is 0.0950. The lowest BCUT2D eigenvalue weighted by atomic mass is 9.89. The molecule has 0 aromatic carbocycles. The highest BCUT2D eigenvalue weighted by Gasteiger charge is 2.20. The third-order valence-corrected chi connectivity index (χ3v) is 2.55. The van der Waals surface area contributed by atoms with Gasteiger partial charge in [-0.3, -0.25) is 4.68 Å². The molecular weight excluding hydrogens is 210 g/mol. The van der Waals surface area contributed by atoms with Crippen molar-refractivity contribution in [1.29, 1.82) is 0 Å². The Labute approximate surface area is 105 Å². The van der Waals surface area contributed by atoms with Gasteiger partial charge >= 0.3 is 0 Å². The Morgan fingerprint density at radius 3 is 2.71 bits per heavy atom. The van der Waals surface area contributed by atoms with Crippen molar-refractivity contribution in [2.24, 2.45) is 7.05 Å². The second-order valence-corrected chi connectivity index (χ2v) is 5.46. The van der Waals surface area contributed by atoms with Gasteiger partial charge in [0.2, 0.25) is 0 Å². The molecule has 0 aliphatic carbocycles. The predicted molar refractivity (Wildman–Crippen MR) is 74.1 cm³/mol. The lowest BCUT2D eigenvalue weighted by Gasteiger charge is -2.16. The van der Waals surface area contributed by atoms with Crippen molar-refractivity contribution < 1.29 is 0 Å². The van der Waals surface area contributed by atoms with Crippen LogP contribution in [0.1, 0.15) is 45.4 Å². The van der Waals surface area contributed by atoms with E-state index in [-0.39, 0.29) is 5.41 Å². The largest absolute Gasteiger partial charge is 0.313 e. The summed E-state index contributed by atoms with van der Waals surface area (Å²) in [6.07, 6.45) is 7.59. The highest BCUT2D eigenvalue weighted by Crippen LogP contribution is 2.24. The van der Waals surface area contributed by atoms with Crippen molar-refractivity contribution in [3.05, 3.63) is 23.5 Å². The van der Waals surface area contributed by atoms with Gasteiger partial charge in [-0.25, -0.2) is 0 Å². The van der Waals surface area contributed by atoms with Gasteiger partial charge in [0.1, 0.15) is 0 Å². The molecule has 0 fully saturated rings. The fraction of sp³-hybridized carbons (Fsp3) is 0.643. The topological polar surface area (TPSA) is 29.9 Å². The average Bonchev–Trinajstić information content (AvgIpc) is 2.59. The second kappa shape index (κ2) is 6.01. The maximum absolute atomic E-state index is 4.54. The van der Waals surface area contributed by atoms with Crippen LogP contribution < -0.4 is 5.32 Å². The van der Waals surface area contributed by atoms with Gasteiger partial charge in [0.25, 0.3) is 0 Å². The van der Waals surface area contributed by atoms with Crippen LogP contribution in [0, 0.1) is 0 Å². The predicted octanol–water partition coefficient (Wildman–Crippen LogP) is 2.73. The Bertz CT molecular complexity index is 369. The van der Waals surface area contributed by atoms with Crippen LogP contribution in [0.3, 0.4) is 0 Å². The highest BCUT2D eigenvalue weighted by atomic mass is 15.3. The van der Waals surface area contributed by atoms with Crippen molar-refractivity contribution in [2.75, 3.05) is 13.1 Å². The minimum Gasteiger partial charge on any atom is -0.313 e. The molecule has 1 N–H and O–H groups in total. The van der Waals surface area contributed by atoms with E-state index >= 15 is 0 Å². The number of nitrogens with zero attached hydrogens (tertiary/aromatic N) is 2. The van der Waals surface area contributed by atoms with E-state index < -0.39 is 0 Å². The molecule has 3 heteroatoms. The normalized spacial score (nSPS) is 12.5. The van der Waals surface area contributed by atoms with Crippen LogP contribution in [0.15, 0.2) is 12.3 Å². The molecular formula is C14H25N3. The van der Waals surface area contributed by atoms with Gasteiger partial charge in [-0.1, -0.05) is 39.8 Å². The lowest BCUT2D eigenvalue weighted by molar-refractivity contribution is 0.552. The fourth-order valence-corrected chi connectivity index (χ4v) is 1.76. The molecule has 0 spiro atoms. The third-order valence-electron chi connectivity index (χ3n) is 2.55. The van der Waals surface area contributed by atoms with Crippen LogP contribution in [0.5, 0.6) is 0 Å². The number of aromatic nitrogens is 2. The van der Waals surface area contributed by atoms with Crippen molar-refractivity contribution in [3.63, 3.8) is 0 Å². The summed E-state index contributed by atoms with van der Waals surface area (Å²) < 4.78 is 1.89. The molecule has 1 heterocycles. The Hall–Kier alpha value is -1.09. The molecule has 0 amide bonds. The lowest BCUT2D eigenvalue weighted by Crippen LogP contribution is -2.15. The maximum Gasteiger partial charge on any atom is 0.0750 e. The average molecular weight is 235 g/mol. The number of rotatable bonds is 5. The summed E-state index contributed by atoms with van der Waals surface area (Å²) in [6.45, 7) is 10.8. The third kappa shape index (κ3) is 4.35. The summed E-state index contributed by atoms with van der Waals surface area (Å²) >= 11 is 0. The summed E-state index contributed by atoms with van der Waals surface area (Å²) in [7, 11) is 1.97. The van der Waals surface area contributed by atoms with Crippen LogP contribution in [0.4, 0.5) is 0 Å². The van der Waals surface area contributed by atoms with E-state index in [2.05, 4.69) is 56.5 Å². The van der Waals surface area contributed by atoms with Gasteiger partial charge in [-0.05, 0) is 13.0 Å². The molecule has 1 aromatic heterocycles. The van der Waals surface area contributed by atoms with Crippen molar-refractivity contribution in [1.82, 2.24) is 15.1 Å². The second-order valence-electron chi connectivity index (χ2n) is 5.46. The molecule has 0 aliphatic rings. The Kier molecular flexibility index (Phi) is 4.94. The minimum atomic E-state index is 0.0950. The molecule has 0 unspecified atom stereocenters. The number of aryl methyl sites for hydroxylation is 1. The van der Waals surface area contributed by atoms with Gasteiger partial charge in [0.05, 0.1) is 5.69 Å². The first-order valence-corrected chi connectivity index (χ1v) is 6.36. The molecule has 3 nitrogen and oxygen atoms in total. The monoisotopic (exact) mass is 235 g/mol. The molecule has 1 aromatic rings. The van der Waals surface area contributed by atoms with E-state index in [4.69, 9.17) is 0 Å². The van der Waals surface area contributed by atoms with E-state index in [9.17, 15) is 0 Å². The quantitative estimate of drug-likeness (QED) is 0.795. The first kappa shape index (κ1) is 14.0. The van der Waals surface area contributed by atoms with Gasteiger partial charge in [-0.2, -0.15) is 5.10 Å². The summed E-state index contributed by atoms with van der Waals surface area (Å²) in [5, 5.41) is 7.90. The van der Waals surface area contributed by atoms with Crippen molar-refractivity contribution in [2.45, 2.75) is 39.5 Å². The smallest absolute Gasteiger partial charge is 0.0750 e. The summed E-state index contributed by atoms with van der Waals surface area (Å²) in [5.74, 6) is 0. The van der Waals surface area contributed by atoms with Gasteiger partial charge < -0.3 is 5.32 Å². The van der Waals surface area contributed by atoms with Crippen molar-refractivity contribution in [3.8, 4) is 0 Å². The number of nitrogens with one attached hydrogen (secondary N) is 1. The highest BCUT2D eigenvalue weighted by molar-refractivity contribution is 5.52. The Balaban J connectivity index is 2.70. The molecule has 1 rings (SSSR count). The summed E-state index contributed by atoms with van der Waals surface area (Å²) in [5.41, 5.74) is 2.47. The van der Waals surface area contributed by atoms with Gasteiger partial charge in [0.15, 0.2) is 0 Å². The molecule has 0 atom stereocenters. The molecule has 0 radical (unpaired) electrons. The van der Waals surface area contributed by atoms with E-state index in [0.29, 0.717) is 0 Å². The van der Waals surface area contributed by atoms with E-state index in [0.717, 1.165) is 18.8 Å². The molecule has 17 heavy (non-hydrogen) atoms. The molecule has 0 saturated heterocycles. The zero-order valence-electron chi connectivity index (χ0n) is 11.7. The fourth-order valence-electron chi connectivity index (χ4n) is 1.76. The van der Waals surface area contributed by atoms with Crippen LogP contribution >= 0.6 is 0 Å². The van der Waals surface area contributed by atoms with E-state index in [1.807, 2.05) is 11.7 Å². The van der Waals surface area contributed by atoms with Crippen LogP contribution in [0.2, 0.25) is 0 Å². The SMILES string of the molecule is CCCNC/C=C/c1cn(C)nc1C(C)(C)C. The Morgan fingerprint density at radius 1 is 1.41 bits per heavy atom. The molecule has 0 saturated carbocycles. The summed E-state index contributed by atoms with van der Waals surface area (Å²) in [4.78, 5) is 0. The van der Waals surface area contributed by atoms with Gasteiger partial charge in [-0.15, -0.1) is 0 Å². The first-order valence-electron chi connectivity index (χ1n) is 6.36. The zero-order chi connectivity index (χ0) is 12.9. The molecule has 0 aliphatic heterocycles. The summed E-state index contributed by atoms with van der Waals surface area (Å²) in [6, 6.07) is 0. The number of hydrogen-bond acceptors (Lipinski definition) is 2. The zero-order valence-corrected chi connectivity index (χ0v) is 11.7. The van der Waals surface area contributed by atoms with Crippen LogP contribution in [-0.2, 0) is 12.5 Å².